The molecule has 16 heavy (non-hydrogen) atoms. The van der Waals surface area contributed by atoms with E-state index in [0.717, 1.165) is 32.6 Å². The second-order valence-corrected chi connectivity index (χ2v) is 4.91. The van der Waals surface area contributed by atoms with Crippen LogP contribution in [0, 0.1) is 5.92 Å². The minimum absolute atomic E-state index is 0.0974. The van der Waals surface area contributed by atoms with Gasteiger partial charge in [0.2, 0.25) is 5.91 Å². The van der Waals surface area contributed by atoms with Crippen LogP contribution in [0.5, 0.6) is 0 Å². The lowest BCUT2D eigenvalue weighted by atomic mass is 10.1. The highest BCUT2D eigenvalue weighted by atomic mass is 16.5. The van der Waals surface area contributed by atoms with Crippen molar-refractivity contribution >= 4 is 5.91 Å². The minimum Gasteiger partial charge on any atom is -0.381 e. The molecule has 2 N–H and O–H groups in total. The van der Waals surface area contributed by atoms with Crippen LogP contribution < -0.4 is 10.6 Å². The summed E-state index contributed by atoms with van der Waals surface area (Å²) in [6.07, 6.45) is 2.00. The SMILES string of the molecule is CC(C)CNC(=O)C(C)NC1CCOCC1. The molecule has 94 valence electrons. The van der Waals surface area contributed by atoms with Gasteiger partial charge in [-0.15, -0.1) is 0 Å². The molecule has 1 saturated heterocycles. The van der Waals surface area contributed by atoms with E-state index >= 15 is 0 Å². The van der Waals surface area contributed by atoms with E-state index in [2.05, 4.69) is 24.5 Å². The Morgan fingerprint density at radius 2 is 1.94 bits per heavy atom. The van der Waals surface area contributed by atoms with Gasteiger partial charge in [0, 0.05) is 25.8 Å². The van der Waals surface area contributed by atoms with E-state index in [4.69, 9.17) is 4.74 Å². The maximum atomic E-state index is 11.7. The third-order valence-corrected chi connectivity index (χ3v) is 2.78. The highest BCUT2D eigenvalue weighted by Crippen LogP contribution is 2.07. The van der Waals surface area contributed by atoms with E-state index in [9.17, 15) is 4.79 Å². The molecule has 0 radical (unpaired) electrons. The summed E-state index contributed by atoms with van der Waals surface area (Å²) >= 11 is 0. The van der Waals surface area contributed by atoms with E-state index in [1.807, 2.05) is 6.92 Å². The summed E-state index contributed by atoms with van der Waals surface area (Å²) in [6, 6.07) is 0.315. The maximum Gasteiger partial charge on any atom is 0.236 e. The summed E-state index contributed by atoms with van der Waals surface area (Å²) in [5.41, 5.74) is 0. The van der Waals surface area contributed by atoms with Crippen LogP contribution in [0.2, 0.25) is 0 Å². The first-order valence-corrected chi connectivity index (χ1v) is 6.21. The molecular weight excluding hydrogens is 204 g/mol. The second-order valence-electron chi connectivity index (χ2n) is 4.91. The van der Waals surface area contributed by atoms with Gasteiger partial charge < -0.3 is 15.4 Å². The van der Waals surface area contributed by atoms with Crippen molar-refractivity contribution in [2.45, 2.75) is 45.7 Å². The van der Waals surface area contributed by atoms with Crippen LogP contribution in [-0.4, -0.2) is 37.7 Å². The van der Waals surface area contributed by atoms with Crippen molar-refractivity contribution < 1.29 is 9.53 Å². The zero-order valence-corrected chi connectivity index (χ0v) is 10.6. The van der Waals surface area contributed by atoms with E-state index in [0.29, 0.717) is 12.0 Å². The van der Waals surface area contributed by atoms with Gasteiger partial charge in [-0.1, -0.05) is 13.8 Å². The Bertz CT molecular complexity index is 213. The Hall–Kier alpha value is -0.610. The first-order chi connectivity index (χ1) is 7.59. The van der Waals surface area contributed by atoms with E-state index in [1.165, 1.54) is 0 Å². The molecule has 0 saturated carbocycles. The van der Waals surface area contributed by atoms with Crippen LogP contribution in [0.3, 0.4) is 0 Å². The van der Waals surface area contributed by atoms with Gasteiger partial charge >= 0.3 is 0 Å². The molecule has 4 heteroatoms. The molecule has 1 aliphatic rings. The van der Waals surface area contributed by atoms with Crippen molar-refractivity contribution in [1.29, 1.82) is 0 Å². The van der Waals surface area contributed by atoms with E-state index < -0.39 is 0 Å². The van der Waals surface area contributed by atoms with Crippen LogP contribution >= 0.6 is 0 Å². The van der Waals surface area contributed by atoms with Gasteiger partial charge in [0.05, 0.1) is 6.04 Å². The highest BCUT2D eigenvalue weighted by molar-refractivity contribution is 5.81. The molecule has 4 nitrogen and oxygen atoms in total. The van der Waals surface area contributed by atoms with Crippen molar-refractivity contribution in [2.75, 3.05) is 19.8 Å². The third kappa shape index (κ3) is 4.94. The predicted molar refractivity (Wildman–Crippen MR) is 64.3 cm³/mol. The van der Waals surface area contributed by atoms with Crippen molar-refractivity contribution in [3.63, 3.8) is 0 Å². The minimum atomic E-state index is -0.109. The molecule has 0 aromatic carbocycles. The second kappa shape index (κ2) is 6.86. The number of hydrogen-bond donors (Lipinski definition) is 2. The number of carbonyl (C=O) groups excluding carboxylic acids is 1. The fraction of sp³-hybridized carbons (Fsp3) is 0.917. The van der Waals surface area contributed by atoms with Gasteiger partial charge in [-0.2, -0.15) is 0 Å². The quantitative estimate of drug-likeness (QED) is 0.735. The number of nitrogens with one attached hydrogen (secondary N) is 2. The zero-order valence-electron chi connectivity index (χ0n) is 10.6. The number of amides is 1. The Balaban J connectivity index is 2.21. The van der Waals surface area contributed by atoms with Crippen molar-refractivity contribution in [3.8, 4) is 0 Å². The third-order valence-electron chi connectivity index (χ3n) is 2.78. The largest absolute Gasteiger partial charge is 0.381 e. The van der Waals surface area contributed by atoms with Crippen LogP contribution in [0.1, 0.15) is 33.6 Å². The summed E-state index contributed by atoms with van der Waals surface area (Å²) < 4.78 is 5.28. The summed E-state index contributed by atoms with van der Waals surface area (Å²) in [4.78, 5) is 11.7. The molecule has 1 amide bonds. The van der Waals surface area contributed by atoms with Gasteiger partial charge in [-0.3, -0.25) is 4.79 Å². The average molecular weight is 228 g/mol. The molecule has 0 bridgehead atoms. The lowest BCUT2D eigenvalue weighted by Crippen LogP contribution is -2.48. The number of carbonyl (C=O) groups is 1. The molecule has 1 atom stereocenters. The fourth-order valence-electron chi connectivity index (χ4n) is 1.75. The zero-order chi connectivity index (χ0) is 12.0. The molecular formula is C12H24N2O2. The summed E-state index contributed by atoms with van der Waals surface area (Å²) in [6.45, 7) is 8.47. The van der Waals surface area contributed by atoms with E-state index in [-0.39, 0.29) is 11.9 Å². The molecule has 1 fully saturated rings. The topological polar surface area (TPSA) is 50.4 Å². The van der Waals surface area contributed by atoms with Crippen LogP contribution in [0.4, 0.5) is 0 Å². The summed E-state index contributed by atoms with van der Waals surface area (Å²) in [5.74, 6) is 0.597. The molecule has 0 spiro atoms. The number of ether oxygens (including phenoxy) is 1. The molecule has 0 aromatic heterocycles. The van der Waals surface area contributed by atoms with Crippen molar-refractivity contribution in [3.05, 3.63) is 0 Å². The van der Waals surface area contributed by atoms with Crippen LogP contribution in [0.25, 0.3) is 0 Å². The van der Waals surface area contributed by atoms with Crippen molar-refractivity contribution in [2.24, 2.45) is 5.92 Å². The Morgan fingerprint density at radius 1 is 1.31 bits per heavy atom. The predicted octanol–water partition coefficient (Wildman–Crippen LogP) is 0.916. The lowest BCUT2D eigenvalue weighted by molar-refractivity contribution is -0.123. The lowest BCUT2D eigenvalue weighted by Gasteiger charge is -2.26. The normalized spacial score (nSPS) is 19.8. The maximum absolute atomic E-state index is 11.7. The molecule has 1 rings (SSSR count). The van der Waals surface area contributed by atoms with Gasteiger partial charge in [-0.25, -0.2) is 0 Å². The van der Waals surface area contributed by atoms with Gasteiger partial charge in [0.15, 0.2) is 0 Å². The highest BCUT2D eigenvalue weighted by Gasteiger charge is 2.19. The van der Waals surface area contributed by atoms with Crippen molar-refractivity contribution in [1.82, 2.24) is 10.6 Å². The monoisotopic (exact) mass is 228 g/mol. The number of rotatable bonds is 5. The Labute approximate surface area is 98.1 Å². The summed E-state index contributed by atoms with van der Waals surface area (Å²) in [5, 5.41) is 6.29. The number of hydrogen-bond acceptors (Lipinski definition) is 3. The Morgan fingerprint density at radius 3 is 2.50 bits per heavy atom. The molecule has 0 aromatic rings. The fourth-order valence-corrected chi connectivity index (χ4v) is 1.75. The van der Waals surface area contributed by atoms with Gasteiger partial charge in [-0.05, 0) is 25.7 Å². The first-order valence-electron chi connectivity index (χ1n) is 6.21. The van der Waals surface area contributed by atoms with Gasteiger partial charge in [0.1, 0.15) is 0 Å². The first kappa shape index (κ1) is 13.5. The Kier molecular flexibility index (Phi) is 5.77. The van der Waals surface area contributed by atoms with Gasteiger partial charge in [0.25, 0.3) is 0 Å². The molecule has 1 unspecified atom stereocenters. The van der Waals surface area contributed by atoms with E-state index in [1.54, 1.807) is 0 Å². The van der Waals surface area contributed by atoms with Crippen LogP contribution in [0.15, 0.2) is 0 Å². The standard InChI is InChI=1S/C12H24N2O2/c1-9(2)8-13-12(15)10(3)14-11-4-6-16-7-5-11/h9-11,14H,4-8H2,1-3H3,(H,13,15). The van der Waals surface area contributed by atoms with Crippen LogP contribution in [-0.2, 0) is 9.53 Å². The smallest absolute Gasteiger partial charge is 0.236 e. The molecule has 1 heterocycles. The average Bonchev–Trinajstić information content (AvgIpc) is 2.27. The molecule has 0 aliphatic carbocycles. The molecule has 1 aliphatic heterocycles. The summed E-state index contributed by atoms with van der Waals surface area (Å²) in [7, 11) is 0.